The van der Waals surface area contributed by atoms with Crippen LogP contribution in [0.1, 0.15) is 0 Å². The molecular weight excluding hydrogens is 650 g/mol. The first-order valence-electron chi connectivity index (χ1n) is 9.35. The molecule has 0 spiro atoms. The van der Waals surface area contributed by atoms with Gasteiger partial charge in [0.05, 0.1) is 0 Å². The molecule has 11 heteroatoms. The number of pyridine rings is 1. The van der Waals surface area contributed by atoms with E-state index in [0.717, 1.165) is 18.2 Å². The summed E-state index contributed by atoms with van der Waals surface area (Å²) in [5.41, 5.74) is 0.732. The molecule has 34 heavy (non-hydrogen) atoms. The number of nitrogens with zero attached hydrogens (tertiary/aromatic N) is 5. The predicted molar refractivity (Wildman–Crippen MR) is 114 cm³/mol. The number of hydrogen-bond donors (Lipinski definition) is 0. The molecule has 0 amide bonds. The summed E-state index contributed by atoms with van der Waals surface area (Å²) in [4.78, 5) is 3.95. The first-order chi connectivity index (χ1) is 16.5. The van der Waals surface area contributed by atoms with Crippen molar-refractivity contribution in [3.05, 3.63) is 115 Å². The quantitative estimate of drug-likeness (QED) is 0.185. The van der Waals surface area contributed by atoms with Crippen LogP contribution in [0.25, 0.3) is 22.6 Å². The van der Waals surface area contributed by atoms with Crippen LogP contribution in [0, 0.1) is 35.4 Å². The van der Waals surface area contributed by atoms with Crippen LogP contribution in [-0.2, 0) is 17.9 Å². The molecule has 174 valence electrons. The van der Waals surface area contributed by atoms with Gasteiger partial charge >= 0.3 is 27.5 Å². The van der Waals surface area contributed by atoms with Gasteiger partial charge in [0.25, 0.3) is 0 Å². The Morgan fingerprint density at radius 1 is 0.765 bits per heavy atom. The molecular formula is C23H13ClF4IrN5. The minimum absolute atomic E-state index is 0.0481. The van der Waals surface area contributed by atoms with Gasteiger partial charge < -0.3 is 4.98 Å². The Morgan fingerprint density at radius 3 is 1.85 bits per heavy atom. The number of hydrogen-bond acceptors (Lipinski definition) is 3. The van der Waals surface area contributed by atoms with Gasteiger partial charge in [-0.05, 0) is 35.3 Å². The summed E-state index contributed by atoms with van der Waals surface area (Å²) in [5.74, 6) is -2.75. The summed E-state index contributed by atoms with van der Waals surface area (Å²) in [7, 11) is 4.64. The van der Waals surface area contributed by atoms with Crippen LogP contribution in [0.5, 0.6) is 0 Å². The maximum absolute atomic E-state index is 13.7. The van der Waals surface area contributed by atoms with Gasteiger partial charge in [0.15, 0.2) is 0 Å². The molecule has 0 aliphatic rings. The first-order valence-corrected chi connectivity index (χ1v) is 12.3. The van der Waals surface area contributed by atoms with Crippen molar-refractivity contribution in [3.63, 3.8) is 0 Å². The monoisotopic (exact) mass is 663 g/mol. The molecule has 0 unspecified atom stereocenters. The van der Waals surface area contributed by atoms with Crippen LogP contribution in [0.3, 0.4) is 0 Å². The number of rotatable bonds is 3. The Balaban J connectivity index is 0.000000183. The Morgan fingerprint density at radius 2 is 1.38 bits per heavy atom. The predicted octanol–water partition coefficient (Wildman–Crippen LogP) is 5.65. The van der Waals surface area contributed by atoms with Crippen molar-refractivity contribution in [2.24, 2.45) is 0 Å². The van der Waals surface area contributed by atoms with Crippen LogP contribution in [0.15, 0.2) is 79.5 Å². The Labute approximate surface area is 206 Å². The van der Waals surface area contributed by atoms with Gasteiger partial charge in [-0.2, -0.15) is 10.2 Å². The second-order valence-corrected chi connectivity index (χ2v) is 6.32. The molecule has 0 bridgehead atoms. The van der Waals surface area contributed by atoms with E-state index in [-0.39, 0.29) is 16.9 Å². The molecule has 0 atom stereocenters. The van der Waals surface area contributed by atoms with Crippen molar-refractivity contribution >= 4 is 9.58 Å². The average molecular weight is 663 g/mol. The van der Waals surface area contributed by atoms with Crippen LogP contribution < -0.4 is 0 Å². The van der Waals surface area contributed by atoms with E-state index in [2.05, 4.69) is 36.9 Å². The maximum atomic E-state index is 13.7. The molecule has 3 heterocycles. The minimum atomic E-state index is -0.730. The van der Waals surface area contributed by atoms with Crippen molar-refractivity contribution in [2.45, 2.75) is 0 Å². The molecule has 0 radical (unpaired) electrons. The van der Waals surface area contributed by atoms with Crippen molar-refractivity contribution in [1.82, 2.24) is 24.5 Å². The van der Waals surface area contributed by atoms with Gasteiger partial charge in [0.1, 0.15) is 0 Å². The Hall–Kier alpha value is -3.33. The molecule has 0 N–H and O–H groups in total. The molecule has 0 saturated carbocycles. The first kappa shape index (κ1) is 25.3. The molecule has 0 saturated heterocycles. The fourth-order valence-corrected chi connectivity index (χ4v) is 2.77. The van der Waals surface area contributed by atoms with Gasteiger partial charge in [-0.1, -0.05) is 29.8 Å². The van der Waals surface area contributed by atoms with Crippen LogP contribution in [0.4, 0.5) is 17.6 Å². The summed E-state index contributed by atoms with van der Waals surface area (Å²) >= 11 is 1.47. The number of halogens is 5. The van der Waals surface area contributed by atoms with Gasteiger partial charge in [-0.3, -0.25) is 26.9 Å². The topological polar surface area (TPSA) is 48.5 Å². The van der Waals surface area contributed by atoms with Crippen LogP contribution >= 0.6 is 9.58 Å². The van der Waals surface area contributed by atoms with E-state index in [1.54, 1.807) is 48.9 Å². The Kier molecular flexibility index (Phi) is 9.09. The van der Waals surface area contributed by atoms with Crippen molar-refractivity contribution in [1.29, 1.82) is 0 Å². The molecule has 0 aliphatic heterocycles. The van der Waals surface area contributed by atoms with E-state index in [0.29, 0.717) is 5.69 Å². The molecule has 5 nitrogen and oxygen atoms in total. The SMILES string of the molecule is Fc1c[c-]c(-c2ccccn2)c(F)c1.Fc1cc(F)c(-n2cccn2)[c-]c1-n1cccn1.[Cl][Ir+2]. The molecule has 3 aromatic heterocycles. The summed E-state index contributed by atoms with van der Waals surface area (Å²) in [6, 6.07) is 16.2. The average Bonchev–Trinajstić information content (AvgIpc) is 3.57. The van der Waals surface area contributed by atoms with Gasteiger partial charge in [0, 0.05) is 54.3 Å². The van der Waals surface area contributed by atoms with Crippen LogP contribution in [0.2, 0.25) is 0 Å². The zero-order valence-corrected chi connectivity index (χ0v) is 20.1. The molecule has 5 rings (SSSR count). The van der Waals surface area contributed by atoms with Crippen molar-refractivity contribution < 1.29 is 35.5 Å². The third-order valence-corrected chi connectivity index (χ3v) is 4.19. The van der Waals surface area contributed by atoms with Gasteiger partial charge in [-0.15, -0.1) is 18.2 Å². The van der Waals surface area contributed by atoms with E-state index in [1.807, 2.05) is 0 Å². The summed E-state index contributed by atoms with van der Waals surface area (Å²) < 4.78 is 55.7. The molecule has 2 aromatic carbocycles. The zero-order valence-electron chi connectivity index (χ0n) is 17.0. The zero-order chi connectivity index (χ0) is 24.5. The Bertz CT molecular complexity index is 1260. The number of benzene rings is 2. The fraction of sp³-hybridized carbons (Fsp3) is 0. The molecule has 0 aliphatic carbocycles. The van der Waals surface area contributed by atoms with E-state index >= 15 is 0 Å². The van der Waals surface area contributed by atoms with E-state index in [9.17, 15) is 17.6 Å². The summed E-state index contributed by atoms with van der Waals surface area (Å²) in [6.07, 6.45) is 7.67. The second-order valence-electron chi connectivity index (χ2n) is 6.32. The second kappa shape index (κ2) is 12.2. The summed E-state index contributed by atoms with van der Waals surface area (Å²) in [6.45, 7) is 0. The normalized spacial score (nSPS) is 10.1. The van der Waals surface area contributed by atoms with Crippen molar-refractivity contribution in [3.8, 4) is 22.6 Å². The fourth-order valence-electron chi connectivity index (χ4n) is 2.77. The van der Waals surface area contributed by atoms with Crippen molar-refractivity contribution in [2.75, 3.05) is 0 Å². The van der Waals surface area contributed by atoms with Gasteiger partial charge in [-0.25, -0.2) is 0 Å². The van der Waals surface area contributed by atoms with Gasteiger partial charge in [0.2, 0.25) is 0 Å². The number of aromatic nitrogens is 5. The molecule has 0 fully saturated rings. The molecule has 5 aromatic rings. The van der Waals surface area contributed by atoms with E-state index in [4.69, 9.17) is 0 Å². The van der Waals surface area contributed by atoms with E-state index in [1.165, 1.54) is 39.6 Å². The standard InChI is InChI=1S/C12H7F2N4.C11H6F2N.ClH.Ir/c13-9-7-10(14)12(18-6-2-4-16-18)8-11(9)17-5-1-3-15-17;12-8-4-5-9(10(13)7-8)11-3-1-2-6-14-11;;/h1-7H;1-4,6-7H;1H;/q2*-1;;+3/p-1. The third-order valence-electron chi connectivity index (χ3n) is 4.19. The van der Waals surface area contributed by atoms with Crippen LogP contribution in [-0.4, -0.2) is 24.5 Å². The van der Waals surface area contributed by atoms with E-state index < -0.39 is 23.3 Å². The summed E-state index contributed by atoms with van der Waals surface area (Å²) in [5, 5.41) is 7.79. The third kappa shape index (κ3) is 6.16.